The van der Waals surface area contributed by atoms with Gasteiger partial charge in [-0.05, 0) is 50.6 Å². The lowest BCUT2D eigenvalue weighted by atomic mass is 10.0. The van der Waals surface area contributed by atoms with E-state index in [1.165, 1.54) is 5.56 Å². The number of carbonyl (C=O) groups is 1. The largest absolute Gasteiger partial charge is 0.497 e. The highest BCUT2D eigenvalue weighted by Crippen LogP contribution is 2.33. The number of nitrogens with zero attached hydrogens (tertiary/aromatic N) is 1. The van der Waals surface area contributed by atoms with Gasteiger partial charge in [0.15, 0.2) is 0 Å². The van der Waals surface area contributed by atoms with Gasteiger partial charge in [-0.2, -0.15) is 0 Å². The molecule has 1 N–H and O–H groups in total. The minimum absolute atomic E-state index is 0. The van der Waals surface area contributed by atoms with Gasteiger partial charge in [-0.15, -0.1) is 12.4 Å². The number of ether oxygens (including phenoxy) is 1. The van der Waals surface area contributed by atoms with Gasteiger partial charge < -0.3 is 15.0 Å². The lowest BCUT2D eigenvalue weighted by Gasteiger charge is -2.25. The predicted molar refractivity (Wildman–Crippen MR) is 87.1 cm³/mol. The highest BCUT2D eigenvalue weighted by atomic mass is 35.5. The number of hydrogen-bond acceptors (Lipinski definition) is 3. The third-order valence-electron chi connectivity index (χ3n) is 3.87. The Morgan fingerprint density at radius 2 is 2.29 bits per heavy atom. The molecule has 1 aromatic carbocycles. The van der Waals surface area contributed by atoms with Gasteiger partial charge in [0.05, 0.1) is 13.2 Å². The van der Waals surface area contributed by atoms with Crippen LogP contribution >= 0.6 is 12.4 Å². The molecule has 1 aliphatic heterocycles. The summed E-state index contributed by atoms with van der Waals surface area (Å²) >= 11 is 0. The van der Waals surface area contributed by atoms with Crippen LogP contribution in [-0.4, -0.2) is 38.1 Å². The molecule has 118 valence electrons. The Bertz CT molecular complexity index is 454. The second-order valence-corrected chi connectivity index (χ2v) is 5.23. The van der Waals surface area contributed by atoms with Gasteiger partial charge in [-0.1, -0.05) is 12.1 Å². The van der Waals surface area contributed by atoms with Gasteiger partial charge in [0.2, 0.25) is 5.91 Å². The molecular formula is C16H25ClN2O2. The zero-order chi connectivity index (χ0) is 14.4. The molecule has 4 nitrogen and oxygen atoms in total. The quantitative estimate of drug-likeness (QED) is 0.821. The Morgan fingerprint density at radius 3 is 3.00 bits per heavy atom. The molecule has 0 spiro atoms. The van der Waals surface area contributed by atoms with Crippen LogP contribution in [0.1, 0.15) is 37.3 Å². The minimum Gasteiger partial charge on any atom is -0.497 e. The van der Waals surface area contributed by atoms with Gasteiger partial charge in [0.1, 0.15) is 5.75 Å². The van der Waals surface area contributed by atoms with Crippen LogP contribution < -0.4 is 10.1 Å². The van der Waals surface area contributed by atoms with Gasteiger partial charge in [0.25, 0.3) is 0 Å². The summed E-state index contributed by atoms with van der Waals surface area (Å²) in [5, 5.41) is 3.08. The molecule has 1 heterocycles. The first kappa shape index (κ1) is 17.8. The molecule has 2 rings (SSSR count). The molecule has 0 aliphatic carbocycles. The molecule has 1 atom stereocenters. The van der Waals surface area contributed by atoms with Gasteiger partial charge in [-0.3, -0.25) is 4.79 Å². The maximum Gasteiger partial charge on any atom is 0.223 e. The maximum absolute atomic E-state index is 12.3. The van der Waals surface area contributed by atoms with Crippen molar-refractivity contribution in [1.82, 2.24) is 10.2 Å². The number of amides is 1. The van der Waals surface area contributed by atoms with Crippen LogP contribution in [0.2, 0.25) is 0 Å². The van der Waals surface area contributed by atoms with Gasteiger partial charge in [-0.25, -0.2) is 0 Å². The van der Waals surface area contributed by atoms with Gasteiger partial charge >= 0.3 is 0 Å². The highest BCUT2D eigenvalue weighted by molar-refractivity contribution is 5.85. The average molecular weight is 313 g/mol. The maximum atomic E-state index is 12.3. The molecule has 1 aromatic rings. The molecule has 5 heteroatoms. The lowest BCUT2D eigenvalue weighted by Crippen LogP contribution is -2.30. The molecule has 1 aliphatic rings. The Hall–Kier alpha value is -1.26. The monoisotopic (exact) mass is 312 g/mol. The van der Waals surface area contributed by atoms with Crippen molar-refractivity contribution in [1.29, 1.82) is 0 Å². The normalized spacial score (nSPS) is 17.4. The summed E-state index contributed by atoms with van der Waals surface area (Å²) in [7, 11) is 3.59. The van der Waals surface area contributed by atoms with Crippen molar-refractivity contribution >= 4 is 18.3 Å². The smallest absolute Gasteiger partial charge is 0.223 e. The van der Waals surface area contributed by atoms with Crippen LogP contribution in [0.25, 0.3) is 0 Å². The molecule has 1 unspecified atom stereocenters. The Morgan fingerprint density at radius 1 is 1.48 bits per heavy atom. The standard InChI is InChI=1S/C16H24N2O2.ClH/c1-17-10-4-9-16(19)18-11-5-8-15(18)13-6-3-7-14(12-13)20-2;/h3,6-7,12,15,17H,4-5,8-11H2,1-2H3;1H. The van der Waals surface area contributed by atoms with E-state index < -0.39 is 0 Å². The van der Waals surface area contributed by atoms with E-state index in [-0.39, 0.29) is 24.4 Å². The van der Waals surface area contributed by atoms with E-state index in [0.717, 1.165) is 38.1 Å². The number of nitrogens with one attached hydrogen (secondary N) is 1. The van der Waals surface area contributed by atoms with Gasteiger partial charge in [0, 0.05) is 13.0 Å². The zero-order valence-corrected chi connectivity index (χ0v) is 13.6. The van der Waals surface area contributed by atoms with Crippen molar-refractivity contribution in [2.75, 3.05) is 27.2 Å². The van der Waals surface area contributed by atoms with E-state index in [9.17, 15) is 4.79 Å². The molecule has 1 saturated heterocycles. The summed E-state index contributed by atoms with van der Waals surface area (Å²) in [5.41, 5.74) is 1.18. The van der Waals surface area contributed by atoms with Crippen molar-refractivity contribution in [3.8, 4) is 5.75 Å². The summed E-state index contributed by atoms with van der Waals surface area (Å²) < 4.78 is 5.28. The number of hydrogen-bond donors (Lipinski definition) is 1. The number of halogens is 1. The fourth-order valence-electron chi connectivity index (χ4n) is 2.82. The Kier molecular flexibility index (Phi) is 7.54. The highest BCUT2D eigenvalue weighted by Gasteiger charge is 2.29. The Balaban J connectivity index is 0.00000220. The van der Waals surface area contributed by atoms with E-state index in [1.54, 1.807) is 7.11 Å². The SMILES string of the molecule is CNCCCC(=O)N1CCCC1c1cccc(OC)c1.Cl. The Labute approximate surface area is 133 Å². The summed E-state index contributed by atoms with van der Waals surface area (Å²) in [4.78, 5) is 14.4. The van der Waals surface area contributed by atoms with Crippen LogP contribution in [0.15, 0.2) is 24.3 Å². The fraction of sp³-hybridized carbons (Fsp3) is 0.562. The molecule has 21 heavy (non-hydrogen) atoms. The van der Waals surface area contributed by atoms with E-state index in [0.29, 0.717) is 6.42 Å². The minimum atomic E-state index is 0. The molecule has 1 fully saturated rings. The molecule has 0 aromatic heterocycles. The fourth-order valence-corrected chi connectivity index (χ4v) is 2.82. The van der Waals surface area contributed by atoms with Crippen molar-refractivity contribution in [3.63, 3.8) is 0 Å². The number of methoxy groups -OCH3 is 1. The summed E-state index contributed by atoms with van der Waals surface area (Å²) in [5.74, 6) is 1.13. The molecular weight excluding hydrogens is 288 g/mol. The number of benzene rings is 1. The van der Waals surface area contributed by atoms with Crippen molar-refractivity contribution < 1.29 is 9.53 Å². The van der Waals surface area contributed by atoms with Crippen LogP contribution in [0.3, 0.4) is 0 Å². The van der Waals surface area contributed by atoms with E-state index in [4.69, 9.17) is 4.74 Å². The van der Waals surface area contributed by atoms with Crippen molar-refractivity contribution in [3.05, 3.63) is 29.8 Å². The van der Waals surface area contributed by atoms with E-state index in [1.807, 2.05) is 30.1 Å². The van der Waals surface area contributed by atoms with Crippen LogP contribution in [0.5, 0.6) is 5.75 Å². The van der Waals surface area contributed by atoms with Crippen molar-refractivity contribution in [2.24, 2.45) is 0 Å². The van der Waals surface area contributed by atoms with Crippen LogP contribution in [0, 0.1) is 0 Å². The summed E-state index contributed by atoms with van der Waals surface area (Å²) in [6.45, 7) is 1.77. The second-order valence-electron chi connectivity index (χ2n) is 5.23. The lowest BCUT2D eigenvalue weighted by molar-refractivity contribution is -0.132. The number of carbonyl (C=O) groups excluding carboxylic acids is 1. The van der Waals surface area contributed by atoms with Crippen LogP contribution in [0.4, 0.5) is 0 Å². The third-order valence-corrected chi connectivity index (χ3v) is 3.87. The zero-order valence-electron chi connectivity index (χ0n) is 12.8. The second kappa shape index (κ2) is 8.90. The summed E-state index contributed by atoms with van der Waals surface area (Å²) in [6, 6.07) is 8.29. The van der Waals surface area contributed by atoms with Crippen LogP contribution in [-0.2, 0) is 4.79 Å². The predicted octanol–water partition coefficient (Wildman–Crippen LogP) is 2.78. The van der Waals surface area contributed by atoms with E-state index in [2.05, 4.69) is 11.4 Å². The third kappa shape index (κ3) is 4.61. The molecule has 0 radical (unpaired) electrons. The first-order valence-electron chi connectivity index (χ1n) is 7.34. The molecule has 1 amide bonds. The first-order chi connectivity index (χ1) is 9.76. The summed E-state index contributed by atoms with van der Waals surface area (Å²) in [6.07, 6.45) is 3.66. The average Bonchev–Trinajstić information content (AvgIpc) is 2.97. The van der Waals surface area contributed by atoms with E-state index >= 15 is 0 Å². The molecule has 0 saturated carbocycles. The topological polar surface area (TPSA) is 41.6 Å². The van der Waals surface area contributed by atoms with Crippen molar-refractivity contribution in [2.45, 2.75) is 31.7 Å². The first-order valence-corrected chi connectivity index (χ1v) is 7.34. The number of likely N-dealkylation sites (tertiary alicyclic amines) is 1. The molecule has 0 bridgehead atoms. The number of rotatable bonds is 6.